The fourth-order valence-electron chi connectivity index (χ4n) is 2.19. The van der Waals surface area contributed by atoms with Crippen molar-refractivity contribution in [2.45, 2.75) is 38.4 Å². The molecule has 5 nitrogen and oxygen atoms in total. The molecule has 2 heterocycles. The third-order valence-electron chi connectivity index (χ3n) is 3.47. The second-order valence-electron chi connectivity index (χ2n) is 5.21. The average Bonchev–Trinajstić information content (AvgIpc) is 2.48. The fraction of sp³-hybridized carbons (Fsp3) is 0.500. The SMILES string of the molecule is CCC1C=C(C(=O)NC2CCC(=O)NC2=O)SC(C(F)(F)F)=C1. The zero-order chi connectivity index (χ0) is 17.2. The highest BCUT2D eigenvalue weighted by Gasteiger charge is 2.38. The molecule has 2 aliphatic heterocycles. The molecule has 0 aromatic heterocycles. The molecule has 3 amide bonds. The van der Waals surface area contributed by atoms with Crippen LogP contribution in [-0.2, 0) is 14.4 Å². The Morgan fingerprint density at radius 3 is 2.65 bits per heavy atom. The minimum atomic E-state index is -4.52. The molecule has 0 radical (unpaired) electrons. The van der Waals surface area contributed by atoms with Crippen LogP contribution in [0.15, 0.2) is 22.0 Å². The van der Waals surface area contributed by atoms with Crippen molar-refractivity contribution in [2.24, 2.45) is 5.92 Å². The zero-order valence-electron chi connectivity index (χ0n) is 12.2. The molecule has 0 saturated carbocycles. The van der Waals surface area contributed by atoms with E-state index in [9.17, 15) is 27.6 Å². The van der Waals surface area contributed by atoms with E-state index in [1.54, 1.807) is 6.92 Å². The third-order valence-corrected chi connectivity index (χ3v) is 4.60. The van der Waals surface area contributed by atoms with E-state index in [1.807, 2.05) is 0 Å². The van der Waals surface area contributed by atoms with Gasteiger partial charge in [0.15, 0.2) is 0 Å². The Morgan fingerprint density at radius 1 is 1.39 bits per heavy atom. The lowest BCUT2D eigenvalue weighted by atomic mass is 10.0. The lowest BCUT2D eigenvalue weighted by molar-refractivity contribution is -0.136. The standard InChI is InChI=1S/C14H15F3N2O3S/c1-2-7-5-9(23-10(6-7)14(15,16)17)13(22)18-8-3-4-11(20)19-12(8)21/h5-8H,2-4H2,1H3,(H,18,22)(H,19,20,21). The van der Waals surface area contributed by atoms with Gasteiger partial charge in [0.2, 0.25) is 11.8 Å². The average molecular weight is 348 g/mol. The van der Waals surface area contributed by atoms with Crippen molar-refractivity contribution in [3.63, 3.8) is 0 Å². The van der Waals surface area contributed by atoms with Gasteiger partial charge in [-0.2, -0.15) is 13.2 Å². The number of carbonyl (C=O) groups excluding carboxylic acids is 3. The van der Waals surface area contributed by atoms with E-state index in [-0.39, 0.29) is 17.7 Å². The second kappa shape index (κ2) is 6.77. The molecule has 1 saturated heterocycles. The van der Waals surface area contributed by atoms with Gasteiger partial charge in [0.1, 0.15) is 6.04 Å². The van der Waals surface area contributed by atoms with Crippen molar-refractivity contribution >= 4 is 29.5 Å². The molecular weight excluding hydrogens is 333 g/mol. The van der Waals surface area contributed by atoms with Crippen LogP contribution < -0.4 is 10.6 Å². The molecule has 0 spiro atoms. The van der Waals surface area contributed by atoms with E-state index in [4.69, 9.17) is 0 Å². The highest BCUT2D eigenvalue weighted by molar-refractivity contribution is 8.07. The van der Waals surface area contributed by atoms with Crippen LogP contribution in [0.25, 0.3) is 0 Å². The van der Waals surface area contributed by atoms with Gasteiger partial charge in [0.05, 0.1) is 9.81 Å². The van der Waals surface area contributed by atoms with Crippen molar-refractivity contribution in [2.75, 3.05) is 0 Å². The second-order valence-corrected chi connectivity index (χ2v) is 6.29. The van der Waals surface area contributed by atoms with Gasteiger partial charge in [-0.15, -0.1) is 0 Å². The number of nitrogens with one attached hydrogen (secondary N) is 2. The molecule has 0 aromatic carbocycles. The summed E-state index contributed by atoms with van der Waals surface area (Å²) in [5, 5.41) is 4.47. The van der Waals surface area contributed by atoms with Crippen LogP contribution in [0.5, 0.6) is 0 Å². The van der Waals surface area contributed by atoms with Gasteiger partial charge in [-0.3, -0.25) is 19.7 Å². The summed E-state index contributed by atoms with van der Waals surface area (Å²) >= 11 is 0.343. The molecule has 2 atom stereocenters. The van der Waals surface area contributed by atoms with Gasteiger partial charge in [0.25, 0.3) is 5.91 Å². The molecule has 23 heavy (non-hydrogen) atoms. The molecule has 0 bridgehead atoms. The summed E-state index contributed by atoms with van der Waals surface area (Å²) in [6.07, 6.45) is -1.34. The van der Waals surface area contributed by atoms with Gasteiger partial charge in [-0.05, 0) is 18.8 Å². The fourth-order valence-corrected chi connectivity index (χ4v) is 3.18. The van der Waals surface area contributed by atoms with E-state index in [0.29, 0.717) is 18.2 Å². The van der Waals surface area contributed by atoms with Crippen LogP contribution in [-0.4, -0.2) is 29.9 Å². The lowest BCUT2D eigenvalue weighted by Crippen LogP contribution is -2.52. The number of piperidine rings is 1. The van der Waals surface area contributed by atoms with Gasteiger partial charge in [-0.25, -0.2) is 0 Å². The summed E-state index contributed by atoms with van der Waals surface area (Å²) in [6.45, 7) is 1.72. The Balaban J connectivity index is 2.08. The predicted octanol–water partition coefficient (Wildman–Crippen LogP) is 2.01. The van der Waals surface area contributed by atoms with E-state index < -0.39 is 40.8 Å². The first-order valence-corrected chi connectivity index (χ1v) is 7.85. The molecule has 0 aromatic rings. The molecule has 2 N–H and O–H groups in total. The van der Waals surface area contributed by atoms with Crippen LogP contribution >= 0.6 is 11.8 Å². The quantitative estimate of drug-likeness (QED) is 0.765. The Morgan fingerprint density at radius 2 is 2.09 bits per heavy atom. The van der Waals surface area contributed by atoms with E-state index in [2.05, 4.69) is 10.6 Å². The number of rotatable bonds is 3. The number of hydrogen-bond donors (Lipinski definition) is 2. The number of carbonyl (C=O) groups is 3. The number of allylic oxidation sites excluding steroid dienone is 3. The van der Waals surface area contributed by atoms with E-state index >= 15 is 0 Å². The largest absolute Gasteiger partial charge is 0.422 e. The van der Waals surface area contributed by atoms with Gasteiger partial charge in [0, 0.05) is 6.42 Å². The van der Waals surface area contributed by atoms with Crippen molar-refractivity contribution in [3.05, 3.63) is 22.0 Å². The number of hydrogen-bond acceptors (Lipinski definition) is 4. The minimum absolute atomic E-state index is 0.0775. The summed E-state index contributed by atoms with van der Waals surface area (Å²) in [5.41, 5.74) is 0. The van der Waals surface area contributed by atoms with Crippen LogP contribution in [0, 0.1) is 5.92 Å². The normalized spacial score (nSPS) is 25.4. The monoisotopic (exact) mass is 348 g/mol. The van der Waals surface area contributed by atoms with Gasteiger partial charge < -0.3 is 5.32 Å². The molecule has 1 fully saturated rings. The summed E-state index contributed by atoms with van der Waals surface area (Å²) in [4.78, 5) is 33.9. The topological polar surface area (TPSA) is 75.3 Å². The van der Waals surface area contributed by atoms with Crippen molar-refractivity contribution in [1.29, 1.82) is 0 Å². The molecular formula is C14H15F3N2O3S. The van der Waals surface area contributed by atoms with Crippen LogP contribution in [0.4, 0.5) is 13.2 Å². The molecule has 126 valence electrons. The lowest BCUT2D eigenvalue weighted by Gasteiger charge is -2.24. The number of alkyl halides is 3. The van der Waals surface area contributed by atoms with Crippen LogP contribution in [0.2, 0.25) is 0 Å². The van der Waals surface area contributed by atoms with E-state index in [1.165, 1.54) is 6.08 Å². The zero-order valence-corrected chi connectivity index (χ0v) is 13.0. The van der Waals surface area contributed by atoms with Crippen LogP contribution in [0.1, 0.15) is 26.2 Å². The Kier molecular flexibility index (Phi) is 5.18. The summed E-state index contributed by atoms with van der Waals surface area (Å²) < 4.78 is 38.7. The summed E-state index contributed by atoms with van der Waals surface area (Å²) in [7, 11) is 0. The molecule has 2 unspecified atom stereocenters. The molecule has 2 rings (SSSR count). The van der Waals surface area contributed by atoms with E-state index in [0.717, 1.165) is 6.08 Å². The predicted molar refractivity (Wildman–Crippen MR) is 77.9 cm³/mol. The smallest absolute Gasteiger partial charge is 0.340 e. The number of amides is 3. The van der Waals surface area contributed by atoms with Gasteiger partial charge >= 0.3 is 6.18 Å². The van der Waals surface area contributed by atoms with Crippen molar-refractivity contribution < 1.29 is 27.6 Å². The van der Waals surface area contributed by atoms with Crippen LogP contribution in [0.3, 0.4) is 0 Å². The molecule has 9 heteroatoms. The molecule has 2 aliphatic rings. The minimum Gasteiger partial charge on any atom is -0.340 e. The first-order valence-electron chi connectivity index (χ1n) is 7.04. The van der Waals surface area contributed by atoms with Crippen molar-refractivity contribution in [1.82, 2.24) is 10.6 Å². The summed E-state index contributed by atoms with van der Waals surface area (Å²) in [5.74, 6) is -2.30. The maximum absolute atomic E-state index is 12.9. The Labute approximate surface area is 134 Å². The number of halogens is 3. The third kappa shape index (κ3) is 4.37. The highest BCUT2D eigenvalue weighted by atomic mass is 32.2. The van der Waals surface area contributed by atoms with Crippen molar-refractivity contribution in [3.8, 4) is 0 Å². The number of thioether (sulfide) groups is 1. The number of imide groups is 1. The first-order chi connectivity index (χ1) is 10.7. The van der Waals surface area contributed by atoms with Gasteiger partial charge in [-0.1, -0.05) is 30.8 Å². The maximum atomic E-state index is 12.9. The Hall–Kier alpha value is -1.77. The Bertz CT molecular complexity index is 599. The highest BCUT2D eigenvalue weighted by Crippen LogP contribution is 2.43. The maximum Gasteiger partial charge on any atom is 0.422 e. The molecule has 0 aliphatic carbocycles. The summed E-state index contributed by atoms with van der Waals surface area (Å²) in [6, 6.07) is -0.915. The first kappa shape index (κ1) is 17.6.